The first kappa shape index (κ1) is 27.9. The summed E-state index contributed by atoms with van der Waals surface area (Å²) in [4.78, 5) is 22.5. The SMILES string of the molecule is CC(=O)OCC1CC[N+]2(CCCCCCCCCC[N+]34CCCC3C(COC(C)=O)CC4)CCCC12. The summed E-state index contributed by atoms with van der Waals surface area (Å²) in [6.07, 6.45) is 18.9. The van der Waals surface area contributed by atoms with Crippen molar-refractivity contribution in [2.24, 2.45) is 11.8 Å². The van der Waals surface area contributed by atoms with Crippen LogP contribution in [0.15, 0.2) is 0 Å². The molecule has 4 saturated heterocycles. The maximum absolute atomic E-state index is 11.2. The highest BCUT2D eigenvalue weighted by atomic mass is 16.5. The van der Waals surface area contributed by atoms with Crippen LogP contribution in [0.1, 0.15) is 104 Å². The third-order valence-electron chi connectivity index (χ3n) is 10.6. The second kappa shape index (κ2) is 13.1. The smallest absolute Gasteiger partial charge is 0.302 e. The summed E-state index contributed by atoms with van der Waals surface area (Å²) in [5, 5.41) is 0. The Hall–Kier alpha value is -1.14. The zero-order valence-corrected chi connectivity index (χ0v) is 23.4. The van der Waals surface area contributed by atoms with Gasteiger partial charge in [-0.3, -0.25) is 9.59 Å². The van der Waals surface area contributed by atoms with Crippen LogP contribution < -0.4 is 0 Å². The van der Waals surface area contributed by atoms with Gasteiger partial charge in [0.1, 0.15) is 0 Å². The molecule has 6 atom stereocenters. The molecule has 0 bridgehead atoms. The maximum atomic E-state index is 11.2. The molecule has 0 saturated carbocycles. The van der Waals surface area contributed by atoms with Crippen molar-refractivity contribution in [3.8, 4) is 0 Å². The molecule has 6 nitrogen and oxygen atoms in total. The molecule has 4 fully saturated rings. The Bertz CT molecular complexity index is 670. The van der Waals surface area contributed by atoms with E-state index in [-0.39, 0.29) is 11.9 Å². The molecule has 0 aliphatic carbocycles. The van der Waals surface area contributed by atoms with Crippen LogP contribution >= 0.6 is 0 Å². The lowest BCUT2D eigenvalue weighted by atomic mass is 9.99. The topological polar surface area (TPSA) is 52.6 Å². The monoisotopic (exact) mass is 506 g/mol. The minimum absolute atomic E-state index is 0.122. The van der Waals surface area contributed by atoms with Crippen molar-refractivity contribution in [1.82, 2.24) is 0 Å². The van der Waals surface area contributed by atoms with Crippen LogP contribution in [-0.4, -0.2) is 85.5 Å². The molecule has 4 aliphatic rings. The number of hydrogen-bond acceptors (Lipinski definition) is 4. The van der Waals surface area contributed by atoms with Crippen LogP contribution in [-0.2, 0) is 19.1 Å². The highest BCUT2D eigenvalue weighted by molar-refractivity contribution is 5.66. The van der Waals surface area contributed by atoms with Crippen molar-refractivity contribution < 1.29 is 28.0 Å². The Morgan fingerprint density at radius 1 is 0.583 bits per heavy atom. The lowest BCUT2D eigenvalue weighted by Gasteiger charge is -2.36. The van der Waals surface area contributed by atoms with Crippen LogP contribution in [0.25, 0.3) is 0 Å². The standard InChI is InChI=1S/C30H54N2O4/c1-25(33)35-23-27-15-21-31(19-11-13-29(27)31)17-9-7-5-3-4-6-8-10-18-32-20-12-14-30(32)28(16-22-32)24-36-26(2)34/h27-30H,3-24H2,1-2H3/q+2. The van der Waals surface area contributed by atoms with Crippen molar-refractivity contribution in [3.05, 3.63) is 0 Å². The lowest BCUT2D eigenvalue weighted by Crippen LogP contribution is -2.49. The molecule has 0 radical (unpaired) electrons. The fourth-order valence-electron chi connectivity index (χ4n) is 8.79. The third kappa shape index (κ3) is 6.83. The van der Waals surface area contributed by atoms with E-state index in [0.29, 0.717) is 25.0 Å². The first-order chi connectivity index (χ1) is 17.4. The Kier molecular flexibility index (Phi) is 10.1. The first-order valence-corrected chi connectivity index (χ1v) is 15.4. The van der Waals surface area contributed by atoms with E-state index in [1.54, 1.807) is 0 Å². The predicted octanol–water partition coefficient (Wildman–Crippen LogP) is 5.23. The van der Waals surface area contributed by atoms with Gasteiger partial charge in [-0.05, 0) is 25.7 Å². The van der Waals surface area contributed by atoms with E-state index in [1.807, 2.05) is 0 Å². The number of carbonyl (C=O) groups is 2. The molecule has 0 aromatic rings. The van der Waals surface area contributed by atoms with Gasteiger partial charge in [0, 0.05) is 52.4 Å². The average molecular weight is 507 g/mol. The van der Waals surface area contributed by atoms with Crippen LogP contribution in [0.4, 0.5) is 0 Å². The summed E-state index contributed by atoms with van der Waals surface area (Å²) in [6.45, 7) is 12.4. The molecular weight excluding hydrogens is 452 g/mol. The summed E-state index contributed by atoms with van der Waals surface area (Å²) < 4.78 is 13.4. The van der Waals surface area contributed by atoms with E-state index in [4.69, 9.17) is 9.47 Å². The van der Waals surface area contributed by atoms with E-state index in [2.05, 4.69) is 0 Å². The molecule has 0 spiro atoms. The number of unbranched alkanes of at least 4 members (excludes halogenated alkanes) is 7. The molecule has 0 N–H and O–H groups in total. The zero-order valence-electron chi connectivity index (χ0n) is 23.4. The highest BCUT2D eigenvalue weighted by Crippen LogP contribution is 2.42. The van der Waals surface area contributed by atoms with Gasteiger partial charge >= 0.3 is 11.9 Å². The van der Waals surface area contributed by atoms with E-state index in [0.717, 1.165) is 12.1 Å². The molecule has 0 aromatic carbocycles. The Morgan fingerprint density at radius 2 is 0.972 bits per heavy atom. The maximum Gasteiger partial charge on any atom is 0.302 e. The van der Waals surface area contributed by atoms with E-state index in [9.17, 15) is 9.59 Å². The van der Waals surface area contributed by atoms with Crippen molar-refractivity contribution in [2.75, 3.05) is 52.5 Å². The molecule has 4 aliphatic heterocycles. The molecule has 36 heavy (non-hydrogen) atoms. The summed E-state index contributed by atoms with van der Waals surface area (Å²) in [6, 6.07) is 1.50. The van der Waals surface area contributed by atoms with Gasteiger partial charge in [-0.1, -0.05) is 25.7 Å². The molecule has 4 heterocycles. The Balaban J connectivity index is 1.03. The first-order valence-electron chi connectivity index (χ1n) is 15.4. The van der Waals surface area contributed by atoms with Gasteiger partial charge in [-0.25, -0.2) is 0 Å². The molecular formula is C30H54N2O4+2. The number of fused-ring (bicyclic) bond motifs is 2. The molecule has 206 valence electrons. The number of hydrogen-bond donors (Lipinski definition) is 0. The van der Waals surface area contributed by atoms with Gasteiger partial charge in [0.25, 0.3) is 0 Å². The zero-order chi connectivity index (χ0) is 25.4. The van der Waals surface area contributed by atoms with Gasteiger partial charge < -0.3 is 18.4 Å². The second-order valence-corrected chi connectivity index (χ2v) is 12.7. The quantitative estimate of drug-likeness (QED) is 0.173. The van der Waals surface area contributed by atoms with Crippen molar-refractivity contribution in [2.45, 2.75) is 116 Å². The summed E-state index contributed by atoms with van der Waals surface area (Å²) in [5.41, 5.74) is 0. The lowest BCUT2D eigenvalue weighted by molar-refractivity contribution is -0.929. The number of carbonyl (C=O) groups excluding carboxylic acids is 2. The van der Waals surface area contributed by atoms with Gasteiger partial charge in [0.2, 0.25) is 0 Å². The third-order valence-corrected chi connectivity index (χ3v) is 10.6. The van der Waals surface area contributed by atoms with E-state index >= 15 is 0 Å². The predicted molar refractivity (Wildman–Crippen MR) is 142 cm³/mol. The van der Waals surface area contributed by atoms with Gasteiger partial charge in [0.05, 0.1) is 76.4 Å². The van der Waals surface area contributed by atoms with Crippen molar-refractivity contribution in [1.29, 1.82) is 0 Å². The number of ether oxygens (including phenoxy) is 2. The molecule has 6 heteroatoms. The minimum Gasteiger partial charge on any atom is -0.465 e. The van der Waals surface area contributed by atoms with Crippen LogP contribution in [0.2, 0.25) is 0 Å². The van der Waals surface area contributed by atoms with Crippen LogP contribution in [0.5, 0.6) is 0 Å². The molecule has 0 amide bonds. The van der Waals surface area contributed by atoms with Crippen LogP contribution in [0, 0.1) is 11.8 Å². The van der Waals surface area contributed by atoms with Gasteiger partial charge in [-0.15, -0.1) is 0 Å². The fourth-order valence-corrected chi connectivity index (χ4v) is 8.79. The Labute approximate surface area is 220 Å². The van der Waals surface area contributed by atoms with Crippen LogP contribution in [0.3, 0.4) is 0 Å². The van der Waals surface area contributed by atoms with Crippen molar-refractivity contribution in [3.63, 3.8) is 0 Å². The molecule has 4 rings (SSSR count). The minimum atomic E-state index is -0.122. The number of esters is 2. The fraction of sp³-hybridized carbons (Fsp3) is 0.933. The molecule has 0 aromatic heterocycles. The summed E-state index contributed by atoms with van der Waals surface area (Å²) in [7, 11) is 0. The van der Waals surface area contributed by atoms with Gasteiger partial charge in [0.15, 0.2) is 0 Å². The van der Waals surface area contributed by atoms with Gasteiger partial charge in [-0.2, -0.15) is 0 Å². The largest absolute Gasteiger partial charge is 0.465 e. The highest BCUT2D eigenvalue weighted by Gasteiger charge is 2.52. The molecule has 6 unspecified atom stereocenters. The number of quaternary nitrogens is 2. The average Bonchev–Trinajstić information content (AvgIpc) is 3.58. The van der Waals surface area contributed by atoms with E-state index in [1.165, 1.54) is 152 Å². The number of rotatable bonds is 15. The van der Waals surface area contributed by atoms with Crippen molar-refractivity contribution >= 4 is 11.9 Å². The van der Waals surface area contributed by atoms with E-state index < -0.39 is 0 Å². The second-order valence-electron chi connectivity index (χ2n) is 12.7. The normalized spacial score (nSPS) is 35.1. The summed E-state index contributed by atoms with van der Waals surface area (Å²) >= 11 is 0. The number of nitrogens with zero attached hydrogens (tertiary/aromatic N) is 2. The Morgan fingerprint density at radius 3 is 1.36 bits per heavy atom. The summed E-state index contributed by atoms with van der Waals surface area (Å²) in [5.74, 6) is 0.946.